The number of rotatable bonds is 3. The Balaban J connectivity index is 2.24. The summed E-state index contributed by atoms with van der Waals surface area (Å²) >= 11 is 0. The summed E-state index contributed by atoms with van der Waals surface area (Å²) in [6.45, 7) is 0. The summed E-state index contributed by atoms with van der Waals surface area (Å²) in [6, 6.07) is 8.86. The van der Waals surface area contributed by atoms with E-state index in [1.807, 2.05) is 12.3 Å². The quantitative estimate of drug-likeness (QED) is 0.851. The maximum Gasteiger partial charge on any atom is 0.213 e. The lowest BCUT2D eigenvalue weighted by Gasteiger charge is -2.03. The molecule has 0 amide bonds. The lowest BCUT2D eigenvalue weighted by molar-refractivity contribution is 0.597. The van der Waals surface area contributed by atoms with E-state index in [0.717, 1.165) is 5.69 Å². The Bertz CT molecular complexity index is 559. The van der Waals surface area contributed by atoms with E-state index in [-0.39, 0.29) is 5.75 Å². The molecule has 0 fully saturated rings. The minimum Gasteiger partial charge on any atom is -0.241 e. The fourth-order valence-corrected chi connectivity index (χ4v) is 2.06. The molecular weight excluding hydrogens is 226 g/mol. The van der Waals surface area contributed by atoms with Gasteiger partial charge in [-0.25, -0.2) is 18.2 Å². The smallest absolute Gasteiger partial charge is 0.213 e. The Morgan fingerprint density at radius 2 is 1.94 bits per heavy atom. The van der Waals surface area contributed by atoms with Gasteiger partial charge in [0.05, 0.1) is 11.4 Å². The molecule has 0 unspecified atom stereocenters. The number of sulfonamides is 1. The van der Waals surface area contributed by atoms with Crippen LogP contribution in [-0.2, 0) is 15.8 Å². The van der Waals surface area contributed by atoms with Crippen LogP contribution in [0.15, 0.2) is 42.7 Å². The third-order valence-corrected chi connectivity index (χ3v) is 2.81. The standard InChI is InChI=1S/C10H11N3O2S/c11-16(14,15)8-9-2-4-10(5-3-9)13-7-1-6-12-13/h1-7H,8H2,(H2,11,14,15). The van der Waals surface area contributed by atoms with Gasteiger partial charge in [-0.1, -0.05) is 12.1 Å². The molecule has 2 rings (SSSR count). The van der Waals surface area contributed by atoms with Crippen LogP contribution in [0.2, 0.25) is 0 Å². The Kier molecular flexibility index (Phi) is 2.76. The van der Waals surface area contributed by atoms with Gasteiger partial charge in [-0.15, -0.1) is 0 Å². The van der Waals surface area contributed by atoms with Crippen molar-refractivity contribution in [1.29, 1.82) is 0 Å². The van der Waals surface area contributed by atoms with Gasteiger partial charge in [0.1, 0.15) is 0 Å². The van der Waals surface area contributed by atoms with Gasteiger partial charge in [-0.3, -0.25) is 0 Å². The molecule has 2 aromatic rings. The lowest BCUT2D eigenvalue weighted by atomic mass is 10.2. The zero-order valence-corrected chi connectivity index (χ0v) is 9.26. The average Bonchev–Trinajstić information content (AvgIpc) is 2.69. The molecule has 1 aromatic heterocycles. The Labute approximate surface area is 93.6 Å². The largest absolute Gasteiger partial charge is 0.241 e. The number of aromatic nitrogens is 2. The normalized spacial score (nSPS) is 11.6. The van der Waals surface area contributed by atoms with Gasteiger partial charge in [0, 0.05) is 12.4 Å². The maximum atomic E-state index is 10.9. The molecule has 16 heavy (non-hydrogen) atoms. The van der Waals surface area contributed by atoms with E-state index >= 15 is 0 Å². The molecule has 1 aromatic carbocycles. The summed E-state index contributed by atoms with van der Waals surface area (Å²) < 4.78 is 23.4. The maximum absolute atomic E-state index is 10.9. The first-order chi connectivity index (χ1) is 7.54. The molecule has 0 atom stereocenters. The van der Waals surface area contributed by atoms with Crippen molar-refractivity contribution in [2.24, 2.45) is 5.14 Å². The van der Waals surface area contributed by atoms with Crippen LogP contribution in [-0.4, -0.2) is 18.2 Å². The van der Waals surface area contributed by atoms with Crippen LogP contribution >= 0.6 is 0 Å². The van der Waals surface area contributed by atoms with Gasteiger partial charge in [0.15, 0.2) is 0 Å². The first-order valence-electron chi connectivity index (χ1n) is 4.64. The van der Waals surface area contributed by atoms with Crippen molar-refractivity contribution >= 4 is 10.0 Å². The molecule has 6 heteroatoms. The second-order valence-corrected chi connectivity index (χ2v) is 5.04. The van der Waals surface area contributed by atoms with Gasteiger partial charge < -0.3 is 0 Å². The van der Waals surface area contributed by atoms with E-state index < -0.39 is 10.0 Å². The molecule has 0 spiro atoms. The summed E-state index contributed by atoms with van der Waals surface area (Å²) in [4.78, 5) is 0. The lowest BCUT2D eigenvalue weighted by Crippen LogP contribution is -2.14. The van der Waals surface area contributed by atoms with E-state index in [4.69, 9.17) is 5.14 Å². The molecule has 0 saturated carbocycles. The zero-order chi connectivity index (χ0) is 11.6. The highest BCUT2D eigenvalue weighted by atomic mass is 32.2. The summed E-state index contributed by atoms with van der Waals surface area (Å²) in [5, 5.41) is 9.02. The van der Waals surface area contributed by atoms with E-state index in [0.29, 0.717) is 5.56 Å². The van der Waals surface area contributed by atoms with Crippen molar-refractivity contribution in [1.82, 2.24) is 9.78 Å². The Hall–Kier alpha value is -1.66. The van der Waals surface area contributed by atoms with E-state index in [1.165, 1.54) is 0 Å². The number of hydrogen-bond donors (Lipinski definition) is 1. The van der Waals surface area contributed by atoms with E-state index in [2.05, 4.69) is 5.10 Å². The van der Waals surface area contributed by atoms with Gasteiger partial charge in [0.2, 0.25) is 10.0 Å². The highest BCUT2D eigenvalue weighted by Crippen LogP contribution is 2.10. The van der Waals surface area contributed by atoms with Crippen molar-refractivity contribution in [3.63, 3.8) is 0 Å². The Morgan fingerprint density at radius 3 is 2.44 bits per heavy atom. The van der Waals surface area contributed by atoms with Gasteiger partial charge >= 0.3 is 0 Å². The number of nitrogens with two attached hydrogens (primary N) is 1. The summed E-state index contributed by atoms with van der Waals surface area (Å²) in [6.07, 6.45) is 3.49. The molecule has 0 aliphatic rings. The van der Waals surface area contributed by atoms with Crippen LogP contribution in [0.1, 0.15) is 5.56 Å². The predicted octanol–water partition coefficient (Wildman–Crippen LogP) is 0.661. The molecule has 5 nitrogen and oxygen atoms in total. The van der Waals surface area contributed by atoms with Crippen molar-refractivity contribution < 1.29 is 8.42 Å². The third kappa shape index (κ3) is 2.68. The fraction of sp³-hybridized carbons (Fsp3) is 0.100. The zero-order valence-electron chi connectivity index (χ0n) is 8.45. The van der Waals surface area contributed by atoms with Crippen molar-refractivity contribution in [2.45, 2.75) is 5.75 Å². The molecule has 0 saturated heterocycles. The minimum absolute atomic E-state index is 0.146. The average molecular weight is 237 g/mol. The van der Waals surface area contributed by atoms with Crippen LogP contribution in [0.3, 0.4) is 0 Å². The highest BCUT2D eigenvalue weighted by molar-refractivity contribution is 7.88. The molecule has 2 N–H and O–H groups in total. The van der Waals surface area contributed by atoms with Crippen LogP contribution in [0, 0.1) is 0 Å². The SMILES string of the molecule is NS(=O)(=O)Cc1ccc(-n2cccn2)cc1. The van der Waals surface area contributed by atoms with Crippen LogP contribution in [0.25, 0.3) is 5.69 Å². The summed E-state index contributed by atoms with van der Waals surface area (Å²) in [7, 11) is -3.47. The van der Waals surface area contributed by atoms with Crippen molar-refractivity contribution in [3.8, 4) is 5.69 Å². The van der Waals surface area contributed by atoms with Gasteiger partial charge in [-0.2, -0.15) is 5.10 Å². The third-order valence-electron chi connectivity index (χ3n) is 2.07. The van der Waals surface area contributed by atoms with E-state index in [1.54, 1.807) is 35.1 Å². The van der Waals surface area contributed by atoms with Crippen LogP contribution in [0.5, 0.6) is 0 Å². The highest BCUT2D eigenvalue weighted by Gasteiger charge is 2.04. The topological polar surface area (TPSA) is 78.0 Å². The summed E-state index contributed by atoms with van der Waals surface area (Å²) in [5.74, 6) is -0.146. The van der Waals surface area contributed by atoms with Gasteiger partial charge in [-0.05, 0) is 23.8 Å². The minimum atomic E-state index is -3.47. The molecule has 84 valence electrons. The molecular formula is C10H11N3O2S. The van der Waals surface area contributed by atoms with Gasteiger partial charge in [0.25, 0.3) is 0 Å². The second kappa shape index (κ2) is 4.07. The number of benzene rings is 1. The predicted molar refractivity (Wildman–Crippen MR) is 60.4 cm³/mol. The van der Waals surface area contributed by atoms with Crippen molar-refractivity contribution in [2.75, 3.05) is 0 Å². The first-order valence-corrected chi connectivity index (χ1v) is 6.35. The fourth-order valence-electron chi connectivity index (χ4n) is 1.40. The molecule has 1 heterocycles. The van der Waals surface area contributed by atoms with Crippen LogP contribution in [0.4, 0.5) is 0 Å². The molecule has 0 bridgehead atoms. The molecule has 0 aliphatic carbocycles. The number of nitrogens with zero attached hydrogens (tertiary/aromatic N) is 2. The number of hydrogen-bond acceptors (Lipinski definition) is 3. The summed E-state index contributed by atoms with van der Waals surface area (Å²) in [5.41, 5.74) is 1.54. The second-order valence-electron chi connectivity index (χ2n) is 3.42. The Morgan fingerprint density at radius 1 is 1.25 bits per heavy atom. The van der Waals surface area contributed by atoms with Crippen LogP contribution < -0.4 is 5.14 Å². The van der Waals surface area contributed by atoms with Crippen molar-refractivity contribution in [3.05, 3.63) is 48.3 Å². The molecule has 0 aliphatic heterocycles. The molecule has 0 radical (unpaired) electrons. The number of primary sulfonamides is 1. The monoisotopic (exact) mass is 237 g/mol. The van der Waals surface area contributed by atoms with E-state index in [9.17, 15) is 8.42 Å². The first kappa shape index (κ1) is 10.8.